The summed E-state index contributed by atoms with van der Waals surface area (Å²) in [7, 11) is 0. The first-order valence-corrected chi connectivity index (χ1v) is 9.69. The van der Waals surface area contributed by atoms with Crippen LogP contribution in [-0.2, 0) is 0 Å². The lowest BCUT2D eigenvalue weighted by Crippen LogP contribution is -1.83. The first kappa shape index (κ1) is 15.4. The van der Waals surface area contributed by atoms with Crippen LogP contribution in [0.4, 0.5) is 0 Å². The molecular weight excluding hydrogens is 332 g/mol. The lowest BCUT2D eigenvalue weighted by atomic mass is 9.96. The molecule has 0 aliphatic heterocycles. The molecule has 0 radical (unpaired) electrons. The van der Waals surface area contributed by atoms with E-state index in [1.54, 1.807) is 0 Å². The third-order valence-electron chi connectivity index (χ3n) is 4.90. The van der Waals surface area contributed by atoms with E-state index in [1.165, 1.54) is 48.0 Å². The van der Waals surface area contributed by atoms with E-state index in [9.17, 15) is 0 Å². The zero-order chi connectivity index (χ0) is 17.5. The molecule has 0 aliphatic rings. The molecule has 0 amide bonds. The van der Waals surface area contributed by atoms with E-state index in [2.05, 4.69) is 97.9 Å². The summed E-state index contributed by atoms with van der Waals surface area (Å²) < 4.78 is 2.73. The molecule has 0 bridgehead atoms. The smallest absolute Gasteiger partial charge is 0.0434 e. The van der Waals surface area contributed by atoms with Crippen molar-refractivity contribution in [1.82, 2.24) is 0 Å². The molecule has 0 fully saturated rings. The van der Waals surface area contributed by atoms with Gasteiger partial charge >= 0.3 is 0 Å². The summed E-state index contributed by atoms with van der Waals surface area (Å²) >= 11 is 1.89. The Morgan fingerprint density at radius 2 is 1.31 bits per heavy atom. The molecule has 4 aromatic carbocycles. The number of hydrogen-bond donors (Lipinski definition) is 0. The van der Waals surface area contributed by atoms with Gasteiger partial charge in [0.25, 0.3) is 0 Å². The molecule has 0 nitrogen and oxygen atoms in total. The molecule has 0 N–H and O–H groups in total. The monoisotopic (exact) mass is 350 g/mol. The highest BCUT2D eigenvalue weighted by Crippen LogP contribution is 2.41. The van der Waals surface area contributed by atoms with Crippen molar-refractivity contribution >= 4 is 31.5 Å². The Morgan fingerprint density at radius 1 is 0.577 bits per heavy atom. The molecule has 0 atom stereocenters. The Bertz CT molecular complexity index is 1230. The number of benzene rings is 4. The van der Waals surface area contributed by atoms with Crippen LogP contribution < -0.4 is 0 Å². The second kappa shape index (κ2) is 6.12. The largest absolute Gasteiger partial charge is 0.135 e. The Morgan fingerprint density at radius 3 is 2.19 bits per heavy atom. The first-order valence-electron chi connectivity index (χ1n) is 8.87. The van der Waals surface area contributed by atoms with E-state index in [1.807, 2.05) is 11.3 Å². The molecule has 0 saturated heterocycles. The molecule has 5 aromatic rings. The summed E-state index contributed by atoms with van der Waals surface area (Å²) in [5.41, 5.74) is 6.44. The van der Waals surface area contributed by atoms with E-state index in [4.69, 9.17) is 0 Å². The maximum absolute atomic E-state index is 2.32. The summed E-state index contributed by atoms with van der Waals surface area (Å²) in [5, 5.41) is 2.72. The van der Waals surface area contributed by atoms with Crippen LogP contribution in [0.25, 0.3) is 42.4 Å². The van der Waals surface area contributed by atoms with Gasteiger partial charge in [-0.15, -0.1) is 11.3 Å². The van der Waals surface area contributed by atoms with E-state index < -0.39 is 0 Å². The van der Waals surface area contributed by atoms with Crippen LogP contribution in [0.3, 0.4) is 0 Å². The van der Waals surface area contributed by atoms with Crippen LogP contribution in [0.15, 0.2) is 91.0 Å². The summed E-state index contributed by atoms with van der Waals surface area (Å²) in [4.78, 5) is 0. The normalized spacial score (nSPS) is 11.3. The van der Waals surface area contributed by atoms with E-state index >= 15 is 0 Å². The van der Waals surface area contributed by atoms with E-state index in [0.717, 1.165) is 0 Å². The minimum absolute atomic E-state index is 1.26. The van der Waals surface area contributed by atoms with Crippen molar-refractivity contribution in [3.63, 3.8) is 0 Å². The van der Waals surface area contributed by atoms with Crippen LogP contribution in [0, 0.1) is 6.92 Å². The van der Waals surface area contributed by atoms with Crippen molar-refractivity contribution in [2.24, 2.45) is 0 Å². The maximum Gasteiger partial charge on any atom is 0.0434 e. The minimum atomic E-state index is 1.26. The highest BCUT2D eigenvalue weighted by molar-refractivity contribution is 7.26. The van der Waals surface area contributed by atoms with Crippen LogP contribution in [0.2, 0.25) is 0 Å². The van der Waals surface area contributed by atoms with Crippen molar-refractivity contribution in [3.8, 4) is 22.3 Å². The fraction of sp³-hybridized carbons (Fsp3) is 0.0400. The number of thiophene rings is 1. The fourth-order valence-electron chi connectivity index (χ4n) is 3.68. The van der Waals surface area contributed by atoms with Crippen LogP contribution >= 0.6 is 11.3 Å². The number of aryl methyl sites for hydroxylation is 1. The van der Waals surface area contributed by atoms with Gasteiger partial charge in [-0.25, -0.2) is 0 Å². The third kappa shape index (κ3) is 2.53. The summed E-state index contributed by atoms with van der Waals surface area (Å²) in [6, 6.07) is 32.8. The predicted octanol–water partition coefficient (Wildman–Crippen LogP) is 7.70. The number of fused-ring (bicyclic) bond motifs is 3. The van der Waals surface area contributed by atoms with Crippen molar-refractivity contribution < 1.29 is 0 Å². The van der Waals surface area contributed by atoms with Crippen LogP contribution in [-0.4, -0.2) is 0 Å². The molecule has 1 heteroatoms. The SMILES string of the molecule is Cc1cc(-c2cccc(-c3ccccc3)c2)c2sc3ccccc3c2c1. The topological polar surface area (TPSA) is 0 Å². The molecule has 0 aliphatic carbocycles. The highest BCUT2D eigenvalue weighted by Gasteiger charge is 2.12. The Balaban J connectivity index is 1.77. The second-order valence-corrected chi connectivity index (χ2v) is 7.79. The van der Waals surface area contributed by atoms with Gasteiger partial charge in [-0.2, -0.15) is 0 Å². The van der Waals surface area contributed by atoms with Gasteiger partial charge in [0.05, 0.1) is 0 Å². The van der Waals surface area contributed by atoms with E-state index in [-0.39, 0.29) is 0 Å². The summed E-state index contributed by atoms with van der Waals surface area (Å²) in [6.07, 6.45) is 0. The zero-order valence-corrected chi connectivity index (χ0v) is 15.4. The average molecular weight is 350 g/mol. The molecule has 124 valence electrons. The average Bonchev–Trinajstić information content (AvgIpc) is 3.07. The maximum atomic E-state index is 2.32. The van der Waals surface area contributed by atoms with Crippen molar-refractivity contribution in [1.29, 1.82) is 0 Å². The fourth-order valence-corrected chi connectivity index (χ4v) is 4.90. The molecule has 0 unspecified atom stereocenters. The zero-order valence-electron chi connectivity index (χ0n) is 14.6. The van der Waals surface area contributed by atoms with Gasteiger partial charge in [0, 0.05) is 20.2 Å². The van der Waals surface area contributed by atoms with Crippen molar-refractivity contribution in [2.75, 3.05) is 0 Å². The number of hydrogen-bond acceptors (Lipinski definition) is 1. The molecule has 1 aromatic heterocycles. The third-order valence-corrected chi connectivity index (χ3v) is 6.12. The molecule has 26 heavy (non-hydrogen) atoms. The lowest BCUT2D eigenvalue weighted by Gasteiger charge is -2.09. The van der Waals surface area contributed by atoms with Gasteiger partial charge in [0.15, 0.2) is 0 Å². The molecule has 0 spiro atoms. The van der Waals surface area contributed by atoms with Crippen LogP contribution in [0.5, 0.6) is 0 Å². The van der Waals surface area contributed by atoms with Crippen molar-refractivity contribution in [2.45, 2.75) is 6.92 Å². The summed E-state index contributed by atoms with van der Waals surface area (Å²) in [6.45, 7) is 2.19. The van der Waals surface area contributed by atoms with Gasteiger partial charge in [-0.3, -0.25) is 0 Å². The summed E-state index contributed by atoms with van der Waals surface area (Å²) in [5.74, 6) is 0. The van der Waals surface area contributed by atoms with Gasteiger partial charge < -0.3 is 0 Å². The Hall–Kier alpha value is -2.90. The molecule has 5 rings (SSSR count). The minimum Gasteiger partial charge on any atom is -0.135 e. The van der Waals surface area contributed by atoms with Crippen molar-refractivity contribution in [3.05, 3.63) is 96.6 Å². The van der Waals surface area contributed by atoms with Gasteiger partial charge in [-0.1, -0.05) is 66.7 Å². The van der Waals surface area contributed by atoms with Gasteiger partial charge in [-0.05, 0) is 59.0 Å². The lowest BCUT2D eigenvalue weighted by molar-refractivity contribution is 1.51. The predicted molar refractivity (Wildman–Crippen MR) is 115 cm³/mol. The standard InChI is InChI=1S/C25H18S/c1-17-14-22(25-23(15-17)21-12-5-6-13-24(21)26-25)20-11-7-10-19(16-20)18-8-3-2-4-9-18/h2-16H,1H3. The van der Waals surface area contributed by atoms with E-state index in [0.29, 0.717) is 0 Å². The molecule has 1 heterocycles. The molecule has 0 saturated carbocycles. The quantitative estimate of drug-likeness (QED) is 0.306. The molecular formula is C25H18S. The number of rotatable bonds is 2. The van der Waals surface area contributed by atoms with Crippen LogP contribution in [0.1, 0.15) is 5.56 Å². The Kier molecular flexibility index (Phi) is 3.62. The second-order valence-electron chi connectivity index (χ2n) is 6.73. The van der Waals surface area contributed by atoms with Gasteiger partial charge in [0.2, 0.25) is 0 Å². The Labute approximate surface area is 157 Å². The van der Waals surface area contributed by atoms with Gasteiger partial charge in [0.1, 0.15) is 0 Å². The first-order chi connectivity index (χ1) is 12.8. The highest BCUT2D eigenvalue weighted by atomic mass is 32.1.